The fourth-order valence-electron chi connectivity index (χ4n) is 2.85. The van der Waals surface area contributed by atoms with Gasteiger partial charge in [0, 0.05) is 4.88 Å². The van der Waals surface area contributed by atoms with Crippen molar-refractivity contribution in [3.63, 3.8) is 0 Å². The summed E-state index contributed by atoms with van der Waals surface area (Å²) in [6.07, 6.45) is 6.47. The van der Waals surface area contributed by atoms with Crippen LogP contribution in [0.15, 0.2) is 53.2 Å². The quantitative estimate of drug-likeness (QED) is 0.266. The molecule has 148 valence electrons. The summed E-state index contributed by atoms with van der Waals surface area (Å²) in [7, 11) is 0. The summed E-state index contributed by atoms with van der Waals surface area (Å²) in [5.41, 5.74) is 0.988. The highest BCUT2D eigenvalue weighted by Crippen LogP contribution is 2.39. The summed E-state index contributed by atoms with van der Waals surface area (Å²) in [6.45, 7) is 4.46. The molecule has 6 heteroatoms. The van der Waals surface area contributed by atoms with E-state index in [9.17, 15) is 0 Å². The predicted molar refractivity (Wildman–Crippen MR) is 124 cm³/mol. The molecule has 0 saturated heterocycles. The van der Waals surface area contributed by atoms with Gasteiger partial charge in [0.15, 0.2) is 0 Å². The first-order chi connectivity index (χ1) is 13.8. The number of unbranched alkanes of at least 4 members (excludes halogenated alkanes) is 2. The molecule has 0 saturated carbocycles. The molecule has 0 amide bonds. The summed E-state index contributed by atoms with van der Waals surface area (Å²) < 4.78 is 11.2. The summed E-state index contributed by atoms with van der Waals surface area (Å²) in [4.78, 5) is 2.59. The van der Waals surface area contributed by atoms with Crippen LogP contribution >= 0.6 is 34.2 Å². The smallest absolute Gasteiger partial charge is 0.139 e. The van der Waals surface area contributed by atoms with Crippen LogP contribution in [-0.4, -0.2) is 15.7 Å². The van der Waals surface area contributed by atoms with Crippen LogP contribution in [0.3, 0.4) is 0 Å². The Morgan fingerprint density at radius 1 is 0.964 bits per heavy atom. The third-order valence-corrected chi connectivity index (χ3v) is 7.06. The second-order valence-corrected chi connectivity index (χ2v) is 9.13. The Morgan fingerprint density at radius 3 is 2.61 bits per heavy atom. The zero-order chi connectivity index (χ0) is 19.6. The molecule has 4 aromatic rings. The number of aromatic nitrogens is 2. The Morgan fingerprint density at radius 2 is 1.86 bits per heavy atom. The number of fused-ring (bicyclic) bond motifs is 1. The van der Waals surface area contributed by atoms with Gasteiger partial charge in [0.2, 0.25) is 0 Å². The van der Waals surface area contributed by atoms with Crippen LogP contribution in [0.1, 0.15) is 46.0 Å². The van der Waals surface area contributed by atoms with Crippen molar-refractivity contribution < 1.29 is 4.74 Å². The van der Waals surface area contributed by atoms with Crippen LogP contribution in [-0.2, 0) is 0 Å². The first-order valence-corrected chi connectivity index (χ1v) is 12.3. The van der Waals surface area contributed by atoms with Crippen molar-refractivity contribution in [2.24, 2.45) is 0 Å². The lowest BCUT2D eigenvalue weighted by Gasteiger charge is -2.17. The zero-order valence-corrected chi connectivity index (χ0v) is 18.8. The highest BCUT2D eigenvalue weighted by atomic mass is 32.1. The first-order valence-electron chi connectivity index (χ1n) is 9.77. The molecular formula is C22H26N2OS3. The Hall–Kier alpha value is -1.76. The van der Waals surface area contributed by atoms with Gasteiger partial charge >= 0.3 is 0 Å². The van der Waals surface area contributed by atoms with E-state index >= 15 is 0 Å². The molecule has 1 atom stereocenters. The number of hydrogen-bond donors (Lipinski definition) is 0. The Bertz CT molecular complexity index is 900. The monoisotopic (exact) mass is 430 g/mol. The lowest BCUT2D eigenvalue weighted by molar-refractivity contribution is 0.184. The van der Waals surface area contributed by atoms with Gasteiger partial charge < -0.3 is 4.74 Å². The van der Waals surface area contributed by atoms with E-state index in [4.69, 9.17) is 4.74 Å². The Kier molecular flexibility index (Phi) is 8.45. The second kappa shape index (κ2) is 11.3. The van der Waals surface area contributed by atoms with Crippen LogP contribution in [0.5, 0.6) is 5.75 Å². The van der Waals surface area contributed by atoms with Crippen molar-refractivity contribution in [2.75, 3.05) is 0 Å². The molecule has 1 aromatic carbocycles. The third kappa shape index (κ3) is 5.87. The van der Waals surface area contributed by atoms with Gasteiger partial charge in [0.25, 0.3) is 0 Å². The van der Waals surface area contributed by atoms with Crippen molar-refractivity contribution in [1.82, 2.24) is 9.59 Å². The standard InChI is InChI=1S/C16H22OS2.C6H4N2S/c1-3-5-6-8-13(4-2)17-14-10-12-19-16(14)15-9-7-11-18-15;1-2-4-6-5(3-1)7-8-9-6/h7,9-13H,3-6,8H2,1-2H3;1-4H. The average molecular weight is 431 g/mol. The maximum atomic E-state index is 6.22. The van der Waals surface area contributed by atoms with E-state index in [0.29, 0.717) is 6.10 Å². The molecule has 0 N–H and O–H groups in total. The van der Waals surface area contributed by atoms with Crippen molar-refractivity contribution in [3.8, 4) is 15.5 Å². The summed E-state index contributed by atoms with van der Waals surface area (Å²) in [5, 5.41) is 8.14. The van der Waals surface area contributed by atoms with Gasteiger partial charge in [-0.3, -0.25) is 0 Å². The summed E-state index contributed by atoms with van der Waals surface area (Å²) in [6, 6.07) is 14.3. The van der Waals surface area contributed by atoms with Crippen LogP contribution < -0.4 is 4.74 Å². The van der Waals surface area contributed by atoms with Gasteiger partial charge in [-0.25, -0.2) is 0 Å². The molecule has 0 spiro atoms. The van der Waals surface area contributed by atoms with Gasteiger partial charge in [-0.05, 0) is 65.8 Å². The van der Waals surface area contributed by atoms with Crippen molar-refractivity contribution >= 4 is 44.4 Å². The predicted octanol–water partition coefficient (Wildman–Crippen LogP) is 7.91. The van der Waals surface area contributed by atoms with Crippen LogP contribution in [0.4, 0.5) is 0 Å². The molecule has 0 aliphatic heterocycles. The number of rotatable bonds is 8. The largest absolute Gasteiger partial charge is 0.489 e. The summed E-state index contributed by atoms with van der Waals surface area (Å²) in [5.74, 6) is 1.07. The average Bonchev–Trinajstić information content (AvgIpc) is 3.48. The minimum atomic E-state index is 0.361. The Balaban J connectivity index is 0.000000206. The number of thiophene rings is 2. The number of ether oxygens (including phenoxy) is 1. The molecule has 4 rings (SSSR count). The fraction of sp³-hybridized carbons (Fsp3) is 0.364. The molecular weight excluding hydrogens is 404 g/mol. The lowest BCUT2D eigenvalue weighted by atomic mass is 10.1. The van der Waals surface area contributed by atoms with Crippen molar-refractivity contribution in [3.05, 3.63) is 53.2 Å². The second-order valence-electron chi connectivity index (χ2n) is 6.48. The summed E-state index contributed by atoms with van der Waals surface area (Å²) >= 11 is 4.98. The molecule has 0 bridgehead atoms. The molecule has 0 aliphatic carbocycles. The van der Waals surface area contributed by atoms with Crippen LogP contribution in [0.2, 0.25) is 0 Å². The SMILES string of the molecule is CCCCCC(CC)Oc1ccsc1-c1cccs1.c1ccc2snnc2c1. The lowest BCUT2D eigenvalue weighted by Crippen LogP contribution is -2.15. The van der Waals surface area contributed by atoms with Crippen molar-refractivity contribution in [2.45, 2.75) is 52.1 Å². The number of hydrogen-bond acceptors (Lipinski definition) is 6. The van der Waals surface area contributed by atoms with Gasteiger partial charge in [0.1, 0.15) is 11.3 Å². The molecule has 3 aromatic heterocycles. The van der Waals surface area contributed by atoms with Gasteiger partial charge in [-0.15, -0.1) is 27.8 Å². The van der Waals surface area contributed by atoms with Crippen molar-refractivity contribution in [1.29, 1.82) is 0 Å². The third-order valence-electron chi connectivity index (χ3n) is 4.41. The van der Waals surface area contributed by atoms with E-state index in [1.165, 1.54) is 47.0 Å². The molecule has 3 nitrogen and oxygen atoms in total. The van der Waals surface area contributed by atoms with E-state index in [2.05, 4.69) is 52.4 Å². The topological polar surface area (TPSA) is 35.0 Å². The van der Waals surface area contributed by atoms with E-state index in [-0.39, 0.29) is 0 Å². The molecule has 0 aliphatic rings. The zero-order valence-electron chi connectivity index (χ0n) is 16.3. The molecule has 0 fully saturated rings. The van der Waals surface area contributed by atoms with E-state index in [0.717, 1.165) is 22.4 Å². The molecule has 3 heterocycles. The Labute approximate surface area is 179 Å². The minimum absolute atomic E-state index is 0.361. The van der Waals surface area contributed by atoms with Crippen LogP contribution in [0.25, 0.3) is 20.0 Å². The minimum Gasteiger partial charge on any atom is -0.489 e. The molecule has 28 heavy (non-hydrogen) atoms. The van der Waals surface area contributed by atoms with E-state index in [1.807, 2.05) is 24.3 Å². The number of benzene rings is 1. The molecule has 1 unspecified atom stereocenters. The maximum absolute atomic E-state index is 6.22. The van der Waals surface area contributed by atoms with Crippen LogP contribution in [0, 0.1) is 0 Å². The van der Waals surface area contributed by atoms with E-state index < -0.39 is 0 Å². The first kappa shape index (κ1) is 21.0. The number of nitrogens with zero attached hydrogens (tertiary/aromatic N) is 2. The fourth-order valence-corrected chi connectivity index (χ4v) is 5.11. The highest BCUT2D eigenvalue weighted by Gasteiger charge is 2.14. The highest BCUT2D eigenvalue weighted by molar-refractivity contribution is 7.20. The van der Waals surface area contributed by atoms with Gasteiger partial charge in [-0.1, -0.05) is 49.4 Å². The van der Waals surface area contributed by atoms with Gasteiger partial charge in [0.05, 0.1) is 15.7 Å². The maximum Gasteiger partial charge on any atom is 0.139 e. The van der Waals surface area contributed by atoms with Gasteiger partial charge in [-0.2, -0.15) is 0 Å². The normalized spacial score (nSPS) is 11.8. The molecule has 0 radical (unpaired) electrons. The van der Waals surface area contributed by atoms with E-state index in [1.54, 1.807) is 22.7 Å².